The van der Waals surface area contributed by atoms with Crippen molar-refractivity contribution in [1.29, 1.82) is 0 Å². The minimum absolute atomic E-state index is 0. The fraction of sp³-hybridized carbons (Fsp3) is 0.556. The number of primary amides is 1. The zero-order chi connectivity index (χ0) is 17.6. The van der Waals surface area contributed by atoms with Crippen LogP contribution in [0.15, 0.2) is 24.3 Å². The molecule has 4 N–H and O–H groups in total. The summed E-state index contributed by atoms with van der Waals surface area (Å²) in [4.78, 5) is 25.8. The van der Waals surface area contributed by atoms with Crippen LogP contribution in [-0.2, 0) is 20.9 Å². The Morgan fingerprint density at radius 3 is 2.63 bits per heavy atom. The Balaban J connectivity index is 0.00000182. The van der Waals surface area contributed by atoms with Crippen molar-refractivity contribution in [2.24, 2.45) is 11.7 Å². The minimum Gasteiger partial charge on any atom is -0.378 e. The molecule has 0 bridgehead atoms. The molecule has 1 aromatic rings. The summed E-state index contributed by atoms with van der Waals surface area (Å²) in [5.41, 5.74) is 7.36. The number of benzene rings is 1. The Hall–Kier alpha value is -1.38. The molecule has 2 unspecified atom stereocenters. The normalized spacial score (nSPS) is 22.8. The Morgan fingerprint density at radius 1 is 1.26 bits per heavy atom. The Bertz CT molecular complexity index is 609. The van der Waals surface area contributed by atoms with Crippen LogP contribution in [0.25, 0.3) is 0 Å². The molecule has 2 heterocycles. The zero-order valence-corrected chi connectivity index (χ0v) is 16.8. The monoisotopic (exact) mass is 418 g/mol. The number of amides is 2. The first-order valence-corrected chi connectivity index (χ1v) is 8.84. The predicted molar refractivity (Wildman–Crippen MR) is 109 cm³/mol. The van der Waals surface area contributed by atoms with E-state index in [1.54, 1.807) is 0 Å². The summed E-state index contributed by atoms with van der Waals surface area (Å²) < 4.78 is 5.31. The predicted octanol–water partition coefficient (Wildman–Crippen LogP) is 1.15. The highest BCUT2D eigenvalue weighted by Crippen LogP contribution is 2.19. The van der Waals surface area contributed by atoms with Gasteiger partial charge < -0.3 is 21.1 Å². The van der Waals surface area contributed by atoms with Gasteiger partial charge in [0.1, 0.15) is 6.04 Å². The van der Waals surface area contributed by atoms with E-state index < -0.39 is 0 Å². The quantitative estimate of drug-likeness (QED) is 0.666. The molecule has 1 aromatic carbocycles. The van der Waals surface area contributed by atoms with Gasteiger partial charge in [0.25, 0.3) is 0 Å². The average molecular weight is 419 g/mol. The van der Waals surface area contributed by atoms with Crippen LogP contribution in [0.1, 0.15) is 18.4 Å². The highest BCUT2D eigenvalue weighted by atomic mass is 35.5. The number of hydrogen-bond donors (Lipinski definition) is 3. The number of carbonyl (C=O) groups is 2. The van der Waals surface area contributed by atoms with E-state index in [-0.39, 0.29) is 48.6 Å². The van der Waals surface area contributed by atoms with Crippen LogP contribution >= 0.6 is 24.8 Å². The van der Waals surface area contributed by atoms with Crippen LogP contribution in [0.2, 0.25) is 0 Å². The number of rotatable bonds is 5. The molecule has 0 spiro atoms. The van der Waals surface area contributed by atoms with E-state index in [9.17, 15) is 9.59 Å². The molecule has 9 heteroatoms. The first-order chi connectivity index (χ1) is 12.1. The maximum absolute atomic E-state index is 12.2. The summed E-state index contributed by atoms with van der Waals surface area (Å²) in [7, 11) is 0. The number of nitrogens with two attached hydrogens (primary N) is 1. The molecule has 0 radical (unpaired) electrons. The molecule has 2 atom stereocenters. The molecule has 0 aromatic heterocycles. The van der Waals surface area contributed by atoms with Crippen molar-refractivity contribution < 1.29 is 14.3 Å². The molecule has 7 nitrogen and oxygen atoms in total. The summed E-state index contributed by atoms with van der Waals surface area (Å²) >= 11 is 0. The van der Waals surface area contributed by atoms with Gasteiger partial charge in [0, 0.05) is 25.3 Å². The molecule has 0 saturated carbocycles. The third-order valence-electron chi connectivity index (χ3n) is 4.77. The summed E-state index contributed by atoms with van der Waals surface area (Å²) in [6, 6.07) is 7.54. The van der Waals surface area contributed by atoms with Gasteiger partial charge in [-0.2, -0.15) is 0 Å². The molecule has 0 aliphatic carbocycles. The van der Waals surface area contributed by atoms with Crippen molar-refractivity contribution in [1.82, 2.24) is 10.2 Å². The van der Waals surface area contributed by atoms with Gasteiger partial charge in [-0.25, -0.2) is 0 Å². The first-order valence-electron chi connectivity index (χ1n) is 8.84. The van der Waals surface area contributed by atoms with Gasteiger partial charge in [-0.15, -0.1) is 24.8 Å². The molecule has 27 heavy (non-hydrogen) atoms. The molecular weight excluding hydrogens is 391 g/mol. The lowest BCUT2D eigenvalue weighted by atomic mass is 9.97. The van der Waals surface area contributed by atoms with Gasteiger partial charge in [0.2, 0.25) is 11.8 Å². The minimum atomic E-state index is -0.299. The topological polar surface area (TPSA) is 96.7 Å². The van der Waals surface area contributed by atoms with E-state index in [1.807, 2.05) is 24.3 Å². The number of ether oxygens (including phenoxy) is 1. The summed E-state index contributed by atoms with van der Waals surface area (Å²) in [6.45, 7) is 4.23. The molecule has 2 fully saturated rings. The molecule has 2 amide bonds. The van der Waals surface area contributed by atoms with E-state index in [0.29, 0.717) is 19.8 Å². The van der Waals surface area contributed by atoms with Gasteiger partial charge in [0.05, 0.1) is 19.1 Å². The standard InChI is InChI=1S/C18H26N4O3.2ClH/c19-17(23)14-2-1-8-22(11-14)10-13-3-5-15(6-4-13)21-18(24)16-12-25-9-7-20-16;;/h3-6,14,16,20H,1-2,7-12H2,(H2,19,23)(H,21,24);2*1H. The number of nitrogens with zero attached hydrogens (tertiary/aromatic N) is 1. The second kappa shape index (κ2) is 11.5. The molecule has 152 valence electrons. The largest absolute Gasteiger partial charge is 0.378 e. The van der Waals surface area contributed by atoms with Gasteiger partial charge in [-0.3, -0.25) is 14.5 Å². The average Bonchev–Trinajstić information content (AvgIpc) is 2.64. The van der Waals surface area contributed by atoms with Crippen LogP contribution in [-0.4, -0.2) is 55.6 Å². The van der Waals surface area contributed by atoms with Crippen LogP contribution in [0.5, 0.6) is 0 Å². The van der Waals surface area contributed by atoms with Gasteiger partial charge in [-0.1, -0.05) is 12.1 Å². The summed E-state index contributed by atoms with van der Waals surface area (Å²) in [6.07, 6.45) is 1.88. The summed E-state index contributed by atoms with van der Waals surface area (Å²) in [5.74, 6) is -0.326. The Labute approximate surface area is 172 Å². The second-order valence-corrected chi connectivity index (χ2v) is 6.74. The van der Waals surface area contributed by atoms with Crippen LogP contribution < -0.4 is 16.4 Å². The Morgan fingerprint density at radius 2 is 2.00 bits per heavy atom. The van der Waals surface area contributed by atoms with Gasteiger partial charge in [0.15, 0.2) is 0 Å². The number of morpholine rings is 1. The van der Waals surface area contributed by atoms with Gasteiger partial charge >= 0.3 is 0 Å². The second-order valence-electron chi connectivity index (χ2n) is 6.74. The SMILES string of the molecule is Cl.Cl.NC(=O)C1CCCN(Cc2ccc(NC(=O)C3COCCN3)cc2)C1. The summed E-state index contributed by atoms with van der Waals surface area (Å²) in [5, 5.41) is 6.04. The fourth-order valence-electron chi connectivity index (χ4n) is 3.35. The van der Waals surface area contributed by atoms with E-state index >= 15 is 0 Å². The van der Waals surface area contributed by atoms with Crippen LogP contribution in [0.3, 0.4) is 0 Å². The lowest BCUT2D eigenvalue weighted by Crippen LogP contribution is -2.48. The number of nitrogens with one attached hydrogen (secondary N) is 2. The maximum atomic E-state index is 12.2. The molecule has 3 rings (SSSR count). The lowest BCUT2D eigenvalue weighted by molar-refractivity contribution is -0.123. The van der Waals surface area contributed by atoms with Crippen molar-refractivity contribution in [2.75, 3.05) is 38.2 Å². The van der Waals surface area contributed by atoms with Crippen molar-refractivity contribution >= 4 is 42.3 Å². The molecular formula is C18H28Cl2N4O3. The molecule has 2 saturated heterocycles. The molecule has 2 aliphatic rings. The number of anilines is 1. The van der Waals surface area contributed by atoms with Crippen molar-refractivity contribution in [3.8, 4) is 0 Å². The number of carbonyl (C=O) groups excluding carboxylic acids is 2. The number of hydrogen-bond acceptors (Lipinski definition) is 5. The third-order valence-corrected chi connectivity index (χ3v) is 4.77. The number of likely N-dealkylation sites (tertiary alicyclic amines) is 1. The van der Waals surface area contributed by atoms with E-state index in [0.717, 1.165) is 43.7 Å². The van der Waals surface area contributed by atoms with Crippen molar-refractivity contribution in [3.05, 3.63) is 29.8 Å². The highest BCUT2D eigenvalue weighted by molar-refractivity contribution is 5.95. The zero-order valence-electron chi connectivity index (χ0n) is 15.2. The number of piperidine rings is 1. The molecule has 2 aliphatic heterocycles. The van der Waals surface area contributed by atoms with Crippen LogP contribution in [0, 0.1) is 5.92 Å². The lowest BCUT2D eigenvalue weighted by Gasteiger charge is -2.31. The van der Waals surface area contributed by atoms with E-state index in [1.165, 1.54) is 0 Å². The van der Waals surface area contributed by atoms with Crippen molar-refractivity contribution in [2.45, 2.75) is 25.4 Å². The van der Waals surface area contributed by atoms with E-state index in [2.05, 4.69) is 15.5 Å². The third kappa shape index (κ3) is 6.93. The van der Waals surface area contributed by atoms with E-state index in [4.69, 9.17) is 10.5 Å². The van der Waals surface area contributed by atoms with Crippen molar-refractivity contribution in [3.63, 3.8) is 0 Å². The fourth-order valence-corrected chi connectivity index (χ4v) is 3.35. The first kappa shape index (κ1) is 23.7. The highest BCUT2D eigenvalue weighted by Gasteiger charge is 2.24. The Kier molecular flexibility index (Phi) is 10.0. The number of halogens is 2. The van der Waals surface area contributed by atoms with Gasteiger partial charge in [-0.05, 0) is 37.1 Å². The smallest absolute Gasteiger partial charge is 0.243 e. The maximum Gasteiger partial charge on any atom is 0.243 e. The van der Waals surface area contributed by atoms with Crippen LogP contribution in [0.4, 0.5) is 5.69 Å².